The summed E-state index contributed by atoms with van der Waals surface area (Å²) in [5.74, 6) is 0.114. The van der Waals surface area contributed by atoms with Crippen LogP contribution in [0.3, 0.4) is 0 Å². The van der Waals surface area contributed by atoms with Gasteiger partial charge in [-0.25, -0.2) is 0 Å². The summed E-state index contributed by atoms with van der Waals surface area (Å²) in [6.45, 7) is 16.6. The lowest BCUT2D eigenvalue weighted by molar-refractivity contribution is 0.0948. The van der Waals surface area contributed by atoms with Crippen molar-refractivity contribution < 1.29 is 17.8 Å². The standard InChI is InChI=1S/C29H43NO4S/c1-9-12-21-14-11-15-22(13-10-2)26(21)28(30-35(32,33)34)29(31)27-24(19(5)6)16-23(18(3)4)17-25(27)20(7)8/h11,14-20,28,30H,9-10,12-13H2,1-8H3,(H,32,33,34). The Morgan fingerprint density at radius 1 is 0.857 bits per heavy atom. The molecule has 0 heterocycles. The van der Waals surface area contributed by atoms with Crippen LogP contribution in [0.25, 0.3) is 0 Å². The average Bonchev–Trinajstić information content (AvgIpc) is 2.76. The van der Waals surface area contributed by atoms with Gasteiger partial charge in [0.2, 0.25) is 0 Å². The molecule has 0 amide bonds. The number of nitrogens with one attached hydrogen (secondary N) is 1. The molecule has 0 bridgehead atoms. The van der Waals surface area contributed by atoms with Crippen LogP contribution in [0.5, 0.6) is 0 Å². The highest BCUT2D eigenvalue weighted by Crippen LogP contribution is 2.36. The second-order valence-corrected chi connectivity index (χ2v) is 11.6. The fourth-order valence-corrected chi connectivity index (χ4v) is 5.31. The van der Waals surface area contributed by atoms with Gasteiger partial charge in [0, 0.05) is 5.56 Å². The lowest BCUT2D eigenvalue weighted by atomic mass is 9.79. The first kappa shape index (κ1) is 29.2. The maximum Gasteiger partial charge on any atom is 0.334 e. The van der Waals surface area contributed by atoms with Gasteiger partial charge in [-0.2, -0.15) is 13.1 Å². The van der Waals surface area contributed by atoms with Crippen LogP contribution < -0.4 is 4.72 Å². The third-order valence-corrected chi connectivity index (χ3v) is 7.06. The Balaban J connectivity index is 2.92. The number of hydrogen-bond acceptors (Lipinski definition) is 3. The van der Waals surface area contributed by atoms with E-state index in [1.54, 1.807) is 0 Å². The monoisotopic (exact) mass is 501 g/mol. The van der Waals surface area contributed by atoms with Crippen LogP contribution in [0.1, 0.15) is 136 Å². The summed E-state index contributed by atoms with van der Waals surface area (Å²) in [4.78, 5) is 14.4. The predicted octanol–water partition coefficient (Wildman–Crippen LogP) is 7.28. The summed E-state index contributed by atoms with van der Waals surface area (Å²) < 4.78 is 36.5. The Kier molecular flexibility index (Phi) is 10.3. The van der Waals surface area contributed by atoms with E-state index in [9.17, 15) is 17.8 Å². The Bertz CT molecular complexity index is 1080. The molecule has 0 spiro atoms. The van der Waals surface area contributed by atoms with E-state index in [2.05, 4.69) is 72.2 Å². The number of hydrogen-bond donors (Lipinski definition) is 2. The Labute approximate surface area is 212 Å². The molecule has 1 unspecified atom stereocenters. The van der Waals surface area contributed by atoms with Crippen molar-refractivity contribution in [3.8, 4) is 0 Å². The Morgan fingerprint density at radius 3 is 1.66 bits per heavy atom. The zero-order valence-electron chi connectivity index (χ0n) is 22.6. The van der Waals surface area contributed by atoms with Gasteiger partial charge in [0.05, 0.1) is 0 Å². The summed E-state index contributed by atoms with van der Waals surface area (Å²) in [7, 11) is -4.65. The van der Waals surface area contributed by atoms with Crippen LogP contribution in [0.15, 0.2) is 30.3 Å². The maximum absolute atomic E-state index is 14.4. The SMILES string of the molecule is CCCc1cccc(CCC)c1C(NS(=O)(=O)O)C(=O)c1c(C(C)C)cc(C(C)C)cc1C(C)C. The molecule has 5 nitrogen and oxygen atoms in total. The summed E-state index contributed by atoms with van der Waals surface area (Å²) in [6, 6.07) is 8.85. The van der Waals surface area contributed by atoms with E-state index in [1.165, 1.54) is 0 Å². The van der Waals surface area contributed by atoms with Crippen molar-refractivity contribution in [1.29, 1.82) is 0 Å². The molecule has 0 radical (unpaired) electrons. The second kappa shape index (κ2) is 12.3. The van der Waals surface area contributed by atoms with Crippen molar-refractivity contribution in [2.75, 3.05) is 0 Å². The van der Waals surface area contributed by atoms with Gasteiger partial charge < -0.3 is 0 Å². The van der Waals surface area contributed by atoms with Crippen LogP contribution >= 0.6 is 0 Å². The van der Waals surface area contributed by atoms with Crippen molar-refractivity contribution in [1.82, 2.24) is 4.72 Å². The average molecular weight is 502 g/mol. The van der Waals surface area contributed by atoms with Crippen molar-refractivity contribution in [2.45, 2.75) is 105 Å². The highest BCUT2D eigenvalue weighted by Gasteiger charge is 2.33. The van der Waals surface area contributed by atoms with Crippen LogP contribution in [-0.4, -0.2) is 18.8 Å². The van der Waals surface area contributed by atoms with E-state index < -0.39 is 16.3 Å². The number of rotatable bonds is 12. The number of Topliss-reactive ketones (excluding diaryl/α,β-unsaturated/α-hetero) is 1. The third-order valence-electron chi connectivity index (χ3n) is 6.52. The van der Waals surface area contributed by atoms with Gasteiger partial charge in [0.25, 0.3) is 0 Å². The molecule has 194 valence electrons. The highest BCUT2D eigenvalue weighted by atomic mass is 32.2. The summed E-state index contributed by atoms with van der Waals surface area (Å²) in [5.41, 5.74) is 6.10. The second-order valence-electron chi connectivity index (χ2n) is 10.4. The molecule has 2 aromatic rings. The fraction of sp³-hybridized carbons (Fsp3) is 0.552. The predicted molar refractivity (Wildman–Crippen MR) is 145 cm³/mol. The summed E-state index contributed by atoms with van der Waals surface area (Å²) in [6.07, 6.45) is 3.13. The first-order valence-electron chi connectivity index (χ1n) is 12.9. The Morgan fingerprint density at radius 2 is 1.31 bits per heavy atom. The highest BCUT2D eigenvalue weighted by molar-refractivity contribution is 7.83. The van der Waals surface area contributed by atoms with Crippen molar-refractivity contribution in [3.05, 3.63) is 69.3 Å². The number of benzene rings is 2. The molecule has 6 heteroatoms. The molecule has 2 rings (SSSR count). The smallest absolute Gasteiger partial charge is 0.292 e. The first-order valence-corrected chi connectivity index (χ1v) is 14.3. The Hall–Kier alpha value is -2.02. The minimum Gasteiger partial charge on any atom is -0.292 e. The van der Waals surface area contributed by atoms with Crippen molar-refractivity contribution >= 4 is 16.1 Å². The van der Waals surface area contributed by atoms with Crippen LogP contribution in [-0.2, 0) is 23.1 Å². The van der Waals surface area contributed by atoms with E-state index in [-0.39, 0.29) is 17.6 Å². The van der Waals surface area contributed by atoms with Gasteiger partial charge in [-0.1, -0.05) is 98.6 Å². The van der Waals surface area contributed by atoms with E-state index in [0.29, 0.717) is 29.9 Å². The van der Waals surface area contributed by atoms with Gasteiger partial charge in [0.15, 0.2) is 5.78 Å². The molecular weight excluding hydrogens is 458 g/mol. The third kappa shape index (κ3) is 7.25. The molecule has 1 atom stereocenters. The molecule has 0 saturated heterocycles. The molecule has 2 N–H and O–H groups in total. The van der Waals surface area contributed by atoms with E-state index in [4.69, 9.17) is 0 Å². The van der Waals surface area contributed by atoms with E-state index in [1.807, 2.05) is 18.2 Å². The molecule has 0 fully saturated rings. The minimum absolute atomic E-state index is 0.0672. The van der Waals surface area contributed by atoms with Gasteiger partial charge >= 0.3 is 10.3 Å². The number of ketones is 1. The van der Waals surface area contributed by atoms with Crippen molar-refractivity contribution in [2.24, 2.45) is 0 Å². The molecule has 0 aliphatic carbocycles. The molecule has 0 aliphatic rings. The maximum atomic E-state index is 14.4. The number of carbonyl (C=O) groups is 1. The molecule has 35 heavy (non-hydrogen) atoms. The van der Waals surface area contributed by atoms with Crippen LogP contribution in [0.4, 0.5) is 0 Å². The molecule has 0 aliphatic heterocycles. The zero-order valence-corrected chi connectivity index (χ0v) is 23.4. The van der Waals surface area contributed by atoms with Gasteiger partial charge in [-0.05, 0) is 64.0 Å². The number of carbonyl (C=O) groups excluding carboxylic acids is 1. The summed E-state index contributed by atoms with van der Waals surface area (Å²) >= 11 is 0. The van der Waals surface area contributed by atoms with Gasteiger partial charge in [-0.3, -0.25) is 9.35 Å². The van der Waals surface area contributed by atoms with Crippen LogP contribution in [0, 0.1) is 0 Å². The van der Waals surface area contributed by atoms with E-state index >= 15 is 0 Å². The first-order chi connectivity index (χ1) is 16.3. The van der Waals surface area contributed by atoms with E-state index in [0.717, 1.165) is 40.7 Å². The normalized spacial score (nSPS) is 13.1. The largest absolute Gasteiger partial charge is 0.334 e. The minimum atomic E-state index is -4.65. The van der Waals surface area contributed by atoms with Gasteiger partial charge in [-0.15, -0.1) is 0 Å². The lowest BCUT2D eigenvalue weighted by Gasteiger charge is -2.27. The molecule has 0 aromatic heterocycles. The van der Waals surface area contributed by atoms with Gasteiger partial charge in [0.1, 0.15) is 6.04 Å². The molecular formula is C29H43NO4S. The van der Waals surface area contributed by atoms with Crippen LogP contribution in [0.2, 0.25) is 0 Å². The number of aryl methyl sites for hydroxylation is 2. The van der Waals surface area contributed by atoms with Crippen molar-refractivity contribution in [3.63, 3.8) is 0 Å². The topological polar surface area (TPSA) is 83.5 Å². The summed E-state index contributed by atoms with van der Waals surface area (Å²) in [5, 5.41) is 0. The lowest BCUT2D eigenvalue weighted by Crippen LogP contribution is -2.36. The molecule has 2 aromatic carbocycles. The molecule has 0 saturated carbocycles. The zero-order chi connectivity index (χ0) is 26.5. The fourth-order valence-electron chi connectivity index (χ4n) is 4.79. The quantitative estimate of drug-likeness (QED) is 0.236.